The number of alkyl halides is 3. The van der Waals surface area contributed by atoms with E-state index in [1.54, 1.807) is 41.7 Å². The van der Waals surface area contributed by atoms with Crippen molar-refractivity contribution < 1.29 is 32.2 Å². The SMILES string of the molecule is O=C(COC(=O)c1cccc(Oc2ccccc2)c1)NCC(F)(F)F. The van der Waals surface area contributed by atoms with Gasteiger partial charge in [-0.3, -0.25) is 4.79 Å². The number of ether oxygens (including phenoxy) is 2. The van der Waals surface area contributed by atoms with E-state index in [0.29, 0.717) is 11.5 Å². The fourth-order valence-electron chi connectivity index (χ4n) is 1.78. The normalized spacial score (nSPS) is 10.8. The molecule has 0 aromatic heterocycles. The van der Waals surface area contributed by atoms with E-state index < -0.39 is 31.2 Å². The van der Waals surface area contributed by atoms with Gasteiger partial charge in [0.25, 0.3) is 5.91 Å². The summed E-state index contributed by atoms with van der Waals surface area (Å²) in [6, 6.07) is 14.9. The van der Waals surface area contributed by atoms with Crippen LogP contribution in [0.3, 0.4) is 0 Å². The Bertz CT molecular complexity index is 732. The second-order valence-corrected chi connectivity index (χ2v) is 4.91. The highest BCUT2D eigenvalue weighted by atomic mass is 19.4. The average molecular weight is 353 g/mol. The highest BCUT2D eigenvalue weighted by Gasteiger charge is 2.27. The Morgan fingerprint density at radius 3 is 2.32 bits per heavy atom. The molecule has 2 rings (SSSR count). The lowest BCUT2D eigenvalue weighted by molar-refractivity contribution is -0.140. The number of halogens is 3. The number of para-hydroxylation sites is 1. The smallest absolute Gasteiger partial charge is 0.405 e. The van der Waals surface area contributed by atoms with Crippen molar-refractivity contribution in [3.8, 4) is 11.5 Å². The number of esters is 1. The maximum absolute atomic E-state index is 12.0. The number of carbonyl (C=O) groups excluding carboxylic acids is 2. The molecular formula is C17H14F3NO4. The molecule has 0 spiro atoms. The van der Waals surface area contributed by atoms with Gasteiger partial charge in [-0.2, -0.15) is 13.2 Å². The van der Waals surface area contributed by atoms with Crippen molar-refractivity contribution in [1.82, 2.24) is 5.32 Å². The molecule has 1 amide bonds. The standard InChI is InChI=1S/C17H14F3NO4/c18-17(19,20)11-21-15(22)10-24-16(23)12-5-4-8-14(9-12)25-13-6-2-1-3-7-13/h1-9H,10-11H2,(H,21,22). The molecule has 1 N–H and O–H groups in total. The summed E-state index contributed by atoms with van der Waals surface area (Å²) in [6.07, 6.45) is -4.53. The Morgan fingerprint density at radius 1 is 0.960 bits per heavy atom. The zero-order valence-electron chi connectivity index (χ0n) is 12.9. The number of nitrogens with one attached hydrogen (secondary N) is 1. The van der Waals surface area contributed by atoms with Crippen LogP contribution in [-0.4, -0.2) is 31.2 Å². The van der Waals surface area contributed by atoms with E-state index >= 15 is 0 Å². The van der Waals surface area contributed by atoms with Crippen LogP contribution in [0.15, 0.2) is 54.6 Å². The lowest BCUT2D eigenvalue weighted by Crippen LogP contribution is -2.36. The third kappa shape index (κ3) is 6.54. The van der Waals surface area contributed by atoms with Crippen molar-refractivity contribution in [2.24, 2.45) is 0 Å². The molecule has 0 heterocycles. The van der Waals surface area contributed by atoms with Crippen LogP contribution in [0.2, 0.25) is 0 Å². The molecule has 0 aliphatic rings. The molecule has 132 valence electrons. The number of benzene rings is 2. The van der Waals surface area contributed by atoms with Crippen molar-refractivity contribution >= 4 is 11.9 Å². The van der Waals surface area contributed by atoms with E-state index in [1.807, 2.05) is 6.07 Å². The van der Waals surface area contributed by atoms with E-state index in [4.69, 9.17) is 4.74 Å². The minimum Gasteiger partial charge on any atom is -0.457 e. The Kier molecular flexibility index (Phi) is 5.99. The van der Waals surface area contributed by atoms with Crippen LogP contribution in [0, 0.1) is 0 Å². The van der Waals surface area contributed by atoms with Crippen LogP contribution < -0.4 is 10.1 Å². The quantitative estimate of drug-likeness (QED) is 0.810. The minimum atomic E-state index is -4.53. The summed E-state index contributed by atoms with van der Waals surface area (Å²) < 4.78 is 46.1. The number of hydrogen-bond donors (Lipinski definition) is 1. The first kappa shape index (κ1) is 18.3. The van der Waals surface area contributed by atoms with E-state index in [-0.39, 0.29) is 5.56 Å². The van der Waals surface area contributed by atoms with Crippen LogP contribution in [0.1, 0.15) is 10.4 Å². The van der Waals surface area contributed by atoms with E-state index in [9.17, 15) is 22.8 Å². The average Bonchev–Trinajstić information content (AvgIpc) is 2.58. The Hall–Kier alpha value is -3.03. The van der Waals surface area contributed by atoms with Crippen LogP contribution in [0.25, 0.3) is 0 Å². The molecular weight excluding hydrogens is 339 g/mol. The molecule has 0 radical (unpaired) electrons. The molecule has 2 aromatic rings. The van der Waals surface area contributed by atoms with Crippen molar-refractivity contribution in [2.75, 3.05) is 13.2 Å². The molecule has 0 aliphatic heterocycles. The maximum Gasteiger partial charge on any atom is 0.405 e. The van der Waals surface area contributed by atoms with Crippen LogP contribution >= 0.6 is 0 Å². The number of hydrogen-bond acceptors (Lipinski definition) is 4. The third-order valence-corrected chi connectivity index (χ3v) is 2.87. The summed E-state index contributed by atoms with van der Waals surface area (Å²) in [6.45, 7) is -2.29. The van der Waals surface area contributed by atoms with Crippen molar-refractivity contribution in [2.45, 2.75) is 6.18 Å². The summed E-state index contributed by atoms with van der Waals surface area (Å²) >= 11 is 0. The van der Waals surface area contributed by atoms with Gasteiger partial charge in [-0.25, -0.2) is 4.79 Å². The van der Waals surface area contributed by atoms with Gasteiger partial charge in [-0.1, -0.05) is 24.3 Å². The molecule has 0 unspecified atom stereocenters. The Balaban J connectivity index is 1.89. The second kappa shape index (κ2) is 8.18. The van der Waals surface area contributed by atoms with Gasteiger partial charge in [0.05, 0.1) is 5.56 Å². The van der Waals surface area contributed by atoms with Crippen LogP contribution in [-0.2, 0) is 9.53 Å². The topological polar surface area (TPSA) is 64.6 Å². The van der Waals surface area contributed by atoms with Gasteiger partial charge in [0, 0.05) is 0 Å². The molecule has 25 heavy (non-hydrogen) atoms. The first-order chi connectivity index (χ1) is 11.8. The first-order valence-electron chi connectivity index (χ1n) is 7.17. The van der Waals surface area contributed by atoms with Gasteiger partial charge >= 0.3 is 12.1 Å². The predicted molar refractivity (Wildman–Crippen MR) is 82.3 cm³/mol. The minimum absolute atomic E-state index is 0.108. The lowest BCUT2D eigenvalue weighted by Gasteiger charge is -2.09. The van der Waals surface area contributed by atoms with E-state index in [2.05, 4.69) is 4.74 Å². The fraction of sp³-hybridized carbons (Fsp3) is 0.176. The van der Waals surface area contributed by atoms with Gasteiger partial charge < -0.3 is 14.8 Å². The summed E-state index contributed by atoms with van der Waals surface area (Å²) in [5.74, 6) is -0.940. The van der Waals surface area contributed by atoms with Gasteiger partial charge in [-0.15, -0.1) is 0 Å². The van der Waals surface area contributed by atoms with Crippen molar-refractivity contribution in [3.05, 3.63) is 60.2 Å². The molecule has 0 bridgehead atoms. The largest absolute Gasteiger partial charge is 0.457 e. The summed E-state index contributed by atoms with van der Waals surface area (Å²) in [4.78, 5) is 23.1. The third-order valence-electron chi connectivity index (χ3n) is 2.87. The highest BCUT2D eigenvalue weighted by molar-refractivity contribution is 5.91. The maximum atomic E-state index is 12.0. The number of carbonyl (C=O) groups is 2. The fourth-order valence-corrected chi connectivity index (χ4v) is 1.78. The van der Waals surface area contributed by atoms with Gasteiger partial charge in [0.15, 0.2) is 6.61 Å². The molecule has 0 saturated heterocycles. The summed E-state index contributed by atoms with van der Waals surface area (Å²) in [5, 5.41) is 1.61. The van der Waals surface area contributed by atoms with E-state index in [1.165, 1.54) is 12.1 Å². The summed E-state index contributed by atoms with van der Waals surface area (Å²) in [7, 11) is 0. The number of rotatable bonds is 6. The number of amides is 1. The molecule has 0 fully saturated rings. The molecule has 0 atom stereocenters. The second-order valence-electron chi connectivity index (χ2n) is 4.91. The van der Waals surface area contributed by atoms with Crippen LogP contribution in [0.5, 0.6) is 11.5 Å². The zero-order chi connectivity index (χ0) is 18.3. The zero-order valence-corrected chi connectivity index (χ0v) is 12.9. The van der Waals surface area contributed by atoms with E-state index in [0.717, 1.165) is 0 Å². The lowest BCUT2D eigenvalue weighted by atomic mass is 10.2. The predicted octanol–water partition coefficient (Wildman–Crippen LogP) is 3.31. The molecule has 2 aromatic carbocycles. The van der Waals surface area contributed by atoms with Crippen LogP contribution in [0.4, 0.5) is 13.2 Å². The van der Waals surface area contributed by atoms with Crippen molar-refractivity contribution in [3.63, 3.8) is 0 Å². The Labute approximate surface area is 141 Å². The summed E-state index contributed by atoms with van der Waals surface area (Å²) in [5.41, 5.74) is 0.108. The van der Waals surface area contributed by atoms with Gasteiger partial charge in [0.2, 0.25) is 0 Å². The molecule has 8 heteroatoms. The monoisotopic (exact) mass is 353 g/mol. The highest BCUT2D eigenvalue weighted by Crippen LogP contribution is 2.22. The molecule has 0 aliphatic carbocycles. The van der Waals surface area contributed by atoms with Gasteiger partial charge in [-0.05, 0) is 30.3 Å². The molecule has 0 saturated carbocycles. The first-order valence-corrected chi connectivity index (χ1v) is 7.17. The molecule has 5 nitrogen and oxygen atoms in total. The van der Waals surface area contributed by atoms with Crippen molar-refractivity contribution in [1.29, 1.82) is 0 Å². The Morgan fingerprint density at radius 2 is 1.64 bits per heavy atom. The van der Waals surface area contributed by atoms with Gasteiger partial charge in [0.1, 0.15) is 18.0 Å².